The van der Waals surface area contributed by atoms with Crippen LogP contribution in [0.25, 0.3) is 4.85 Å². The molecule has 1 aliphatic carbocycles. The third-order valence-electron chi connectivity index (χ3n) is 4.80. The predicted octanol–water partition coefficient (Wildman–Crippen LogP) is 5.43. The molecule has 0 saturated heterocycles. The second kappa shape index (κ2) is 5.99. The molecule has 122 valence electrons. The molecule has 2 aromatic rings. The lowest BCUT2D eigenvalue weighted by molar-refractivity contribution is 0.837. The summed E-state index contributed by atoms with van der Waals surface area (Å²) >= 11 is 6.51. The number of allylic oxidation sites excluding steroid dienone is 2. The average molecular weight is 339 g/mol. The van der Waals surface area contributed by atoms with Crippen LogP contribution in [0.1, 0.15) is 61.3 Å². The van der Waals surface area contributed by atoms with Crippen molar-refractivity contribution in [3.05, 3.63) is 68.9 Å². The second-order valence-electron chi connectivity index (χ2n) is 6.48. The van der Waals surface area contributed by atoms with Gasteiger partial charge in [0, 0.05) is 27.9 Å². The van der Waals surface area contributed by atoms with Crippen LogP contribution in [0.3, 0.4) is 0 Å². The van der Waals surface area contributed by atoms with E-state index in [0.717, 1.165) is 41.2 Å². The minimum atomic E-state index is -0.136. The molecule has 5 heteroatoms. The van der Waals surface area contributed by atoms with Crippen LogP contribution in [0, 0.1) is 6.57 Å². The van der Waals surface area contributed by atoms with Crippen molar-refractivity contribution in [3.63, 3.8) is 0 Å². The van der Waals surface area contributed by atoms with Crippen molar-refractivity contribution >= 4 is 17.4 Å². The van der Waals surface area contributed by atoms with Crippen molar-refractivity contribution in [3.8, 4) is 0 Å². The number of rotatable bonds is 4. The van der Waals surface area contributed by atoms with E-state index in [9.17, 15) is 0 Å². The largest absolute Gasteiger partial charge is 0.352 e. The Morgan fingerprint density at radius 3 is 2.79 bits per heavy atom. The number of halogens is 1. The third kappa shape index (κ3) is 2.40. The highest BCUT2D eigenvalue weighted by Gasteiger charge is 2.39. The quantitative estimate of drug-likeness (QED) is 0.730. The molecule has 1 atom stereocenters. The number of aromatic amines is 1. The second-order valence-corrected chi connectivity index (χ2v) is 6.89. The van der Waals surface area contributed by atoms with Gasteiger partial charge in [0.2, 0.25) is 0 Å². The molecule has 1 saturated carbocycles. The van der Waals surface area contributed by atoms with E-state index < -0.39 is 0 Å². The summed E-state index contributed by atoms with van der Waals surface area (Å²) in [5.74, 6) is 1.26. The molecule has 1 fully saturated rings. The van der Waals surface area contributed by atoms with Crippen LogP contribution in [0.15, 0.2) is 35.7 Å². The fourth-order valence-electron chi connectivity index (χ4n) is 3.54. The number of hydrogen-bond acceptors (Lipinski definition) is 2. The predicted molar refractivity (Wildman–Crippen MR) is 96.0 cm³/mol. The van der Waals surface area contributed by atoms with Gasteiger partial charge in [0.05, 0.1) is 12.5 Å². The van der Waals surface area contributed by atoms with Gasteiger partial charge in [-0.1, -0.05) is 43.1 Å². The lowest BCUT2D eigenvalue weighted by Gasteiger charge is -2.27. The molecule has 2 aliphatic rings. The van der Waals surface area contributed by atoms with E-state index in [0.29, 0.717) is 10.9 Å². The third-order valence-corrected chi connectivity index (χ3v) is 5.14. The normalized spacial score (nSPS) is 19.6. The van der Waals surface area contributed by atoms with Crippen molar-refractivity contribution in [1.82, 2.24) is 10.2 Å². The van der Waals surface area contributed by atoms with Crippen LogP contribution in [-0.2, 0) is 0 Å². The molecule has 24 heavy (non-hydrogen) atoms. The highest BCUT2D eigenvalue weighted by Crippen LogP contribution is 2.51. The summed E-state index contributed by atoms with van der Waals surface area (Å²) in [6.45, 7) is 9.92. The summed E-state index contributed by atoms with van der Waals surface area (Å²) in [7, 11) is 0. The van der Waals surface area contributed by atoms with Crippen LogP contribution in [0.2, 0.25) is 5.02 Å². The number of anilines is 1. The highest BCUT2D eigenvalue weighted by molar-refractivity contribution is 6.31. The van der Waals surface area contributed by atoms with Gasteiger partial charge in [-0.2, -0.15) is 5.10 Å². The van der Waals surface area contributed by atoms with E-state index in [2.05, 4.69) is 27.3 Å². The number of nitrogens with one attached hydrogen (secondary N) is 2. The molecule has 0 amide bonds. The molecule has 0 bridgehead atoms. The van der Waals surface area contributed by atoms with Crippen LogP contribution in [0.4, 0.5) is 5.82 Å². The summed E-state index contributed by atoms with van der Waals surface area (Å²) in [5.41, 5.74) is 4.99. The number of hydrogen-bond donors (Lipinski definition) is 2. The van der Waals surface area contributed by atoms with Crippen molar-refractivity contribution in [2.24, 2.45) is 0 Å². The Labute approximate surface area is 146 Å². The molecule has 0 spiro atoms. The number of aromatic nitrogens is 2. The lowest BCUT2D eigenvalue weighted by atomic mass is 9.83. The summed E-state index contributed by atoms with van der Waals surface area (Å²) in [4.78, 5) is 3.91. The minimum absolute atomic E-state index is 0.136. The summed E-state index contributed by atoms with van der Waals surface area (Å²) in [6, 6.07) is 7.84. The fraction of sp³-hybridized carbons (Fsp3) is 0.368. The van der Waals surface area contributed by atoms with E-state index >= 15 is 0 Å². The first-order valence-corrected chi connectivity index (χ1v) is 8.82. The van der Waals surface area contributed by atoms with Crippen LogP contribution >= 0.6 is 11.6 Å². The van der Waals surface area contributed by atoms with Gasteiger partial charge in [-0.15, -0.1) is 0 Å². The van der Waals surface area contributed by atoms with Gasteiger partial charge in [0.15, 0.2) is 11.5 Å². The molecule has 2 heterocycles. The lowest BCUT2D eigenvalue weighted by Crippen LogP contribution is -2.18. The zero-order chi connectivity index (χ0) is 16.7. The molecule has 4 rings (SSSR count). The van der Waals surface area contributed by atoms with Crippen LogP contribution in [-0.4, -0.2) is 10.2 Å². The fourth-order valence-corrected chi connectivity index (χ4v) is 3.78. The molecule has 2 N–H and O–H groups in total. The Balaban J connectivity index is 1.94. The van der Waals surface area contributed by atoms with E-state index in [-0.39, 0.29) is 5.92 Å². The van der Waals surface area contributed by atoms with Crippen molar-refractivity contribution in [1.29, 1.82) is 0 Å². The highest BCUT2D eigenvalue weighted by atomic mass is 35.5. The summed E-state index contributed by atoms with van der Waals surface area (Å²) in [5, 5.41) is 11.8. The first kappa shape index (κ1) is 15.3. The molecule has 4 nitrogen and oxygen atoms in total. The van der Waals surface area contributed by atoms with E-state index in [1.54, 1.807) is 0 Å². The summed E-state index contributed by atoms with van der Waals surface area (Å²) < 4.78 is 0. The molecule has 1 aromatic carbocycles. The molecule has 1 unspecified atom stereocenters. The van der Waals surface area contributed by atoms with Gasteiger partial charge in [-0.3, -0.25) is 5.10 Å². The molecular formula is C19H19ClN4. The Kier molecular flexibility index (Phi) is 3.82. The monoisotopic (exact) mass is 338 g/mol. The Hall–Kier alpha value is -2.25. The standard InChI is InChI=1S/C19H19ClN4/c1-3-6-14-18(21-2)15(12-7-4-5-8-13(12)20)16-17(11-9-10-11)23-24-19(16)22-14/h4-5,7-8,11,15H,3,6,9-10H2,1H3,(H2,22,23,24). The number of benzene rings is 1. The Bertz CT molecular complexity index is 854. The first-order valence-electron chi connectivity index (χ1n) is 8.44. The van der Waals surface area contributed by atoms with Gasteiger partial charge in [0.1, 0.15) is 0 Å². The van der Waals surface area contributed by atoms with Crippen LogP contribution < -0.4 is 5.32 Å². The van der Waals surface area contributed by atoms with Gasteiger partial charge in [0.25, 0.3) is 0 Å². The van der Waals surface area contributed by atoms with E-state index in [4.69, 9.17) is 18.2 Å². The minimum Gasteiger partial charge on any atom is -0.352 e. The average Bonchev–Trinajstić information content (AvgIpc) is 3.35. The van der Waals surface area contributed by atoms with Gasteiger partial charge in [-0.25, -0.2) is 4.85 Å². The summed E-state index contributed by atoms with van der Waals surface area (Å²) in [6.07, 6.45) is 4.18. The smallest absolute Gasteiger partial charge is 0.196 e. The number of fused-ring (bicyclic) bond motifs is 1. The van der Waals surface area contributed by atoms with Crippen LogP contribution in [0.5, 0.6) is 0 Å². The maximum Gasteiger partial charge on any atom is 0.196 e. The zero-order valence-corrected chi connectivity index (χ0v) is 14.3. The van der Waals surface area contributed by atoms with E-state index in [1.807, 2.05) is 24.3 Å². The number of H-pyrrole nitrogens is 1. The maximum atomic E-state index is 7.80. The van der Waals surface area contributed by atoms with Crippen molar-refractivity contribution < 1.29 is 0 Å². The first-order chi connectivity index (χ1) is 11.7. The molecule has 1 aliphatic heterocycles. The molecular weight excluding hydrogens is 320 g/mol. The molecule has 1 aromatic heterocycles. The van der Waals surface area contributed by atoms with Crippen molar-refractivity contribution in [2.45, 2.75) is 44.4 Å². The molecule has 0 radical (unpaired) electrons. The number of nitrogens with zero attached hydrogens (tertiary/aromatic N) is 2. The van der Waals surface area contributed by atoms with Gasteiger partial charge >= 0.3 is 0 Å². The van der Waals surface area contributed by atoms with Gasteiger partial charge in [-0.05, 0) is 30.9 Å². The Morgan fingerprint density at radius 1 is 1.33 bits per heavy atom. The van der Waals surface area contributed by atoms with E-state index in [1.165, 1.54) is 18.5 Å². The van der Waals surface area contributed by atoms with Crippen molar-refractivity contribution in [2.75, 3.05) is 5.32 Å². The topological polar surface area (TPSA) is 45.1 Å². The van der Waals surface area contributed by atoms with Gasteiger partial charge < -0.3 is 5.32 Å². The maximum absolute atomic E-state index is 7.80. The SMILES string of the molecule is [C-]#[N+]C1=C(CCC)Nc2n[nH]c(C3CC3)c2C1c1ccccc1Cl. The Morgan fingerprint density at radius 2 is 2.12 bits per heavy atom. The zero-order valence-electron chi connectivity index (χ0n) is 13.6.